The van der Waals surface area contributed by atoms with Crippen LogP contribution in [0.25, 0.3) is 0 Å². The summed E-state index contributed by atoms with van der Waals surface area (Å²) < 4.78 is 10.5. The fourth-order valence-corrected chi connectivity index (χ4v) is 3.27. The Bertz CT molecular complexity index is 1050. The van der Waals surface area contributed by atoms with E-state index in [9.17, 15) is 19.2 Å². The van der Waals surface area contributed by atoms with Crippen LogP contribution >= 0.6 is 0 Å². The van der Waals surface area contributed by atoms with Gasteiger partial charge in [-0.3, -0.25) is 19.2 Å². The number of rotatable bonds is 3. The monoisotopic (exact) mass is 368 g/mol. The van der Waals surface area contributed by atoms with Gasteiger partial charge in [-0.2, -0.15) is 0 Å². The minimum atomic E-state index is -0.709. The van der Waals surface area contributed by atoms with Gasteiger partial charge in [0.25, 0.3) is 11.5 Å². The molecule has 0 unspecified atom stereocenters. The largest absolute Gasteiger partial charge is 0.454 e. The van der Waals surface area contributed by atoms with Crippen LogP contribution in [0.1, 0.15) is 56.5 Å². The Morgan fingerprint density at radius 2 is 1.78 bits per heavy atom. The van der Waals surface area contributed by atoms with Gasteiger partial charge >= 0.3 is 0 Å². The third-order valence-electron chi connectivity index (χ3n) is 4.64. The predicted octanol–water partition coefficient (Wildman–Crippen LogP) is 2.08. The zero-order valence-electron chi connectivity index (χ0n) is 14.5. The van der Waals surface area contributed by atoms with Crippen molar-refractivity contribution in [1.82, 2.24) is 4.98 Å². The third kappa shape index (κ3) is 2.99. The van der Waals surface area contributed by atoms with Gasteiger partial charge in [-0.15, -0.1) is 0 Å². The lowest BCUT2D eigenvalue weighted by molar-refractivity contribution is 0.0970. The number of carbonyl (C=O) groups excluding carboxylic acids is 3. The number of anilines is 1. The van der Waals surface area contributed by atoms with Gasteiger partial charge in [0.2, 0.25) is 6.79 Å². The Kier molecular flexibility index (Phi) is 4.02. The molecule has 2 aliphatic rings. The van der Waals surface area contributed by atoms with Crippen molar-refractivity contribution in [2.75, 3.05) is 12.1 Å². The lowest BCUT2D eigenvalue weighted by atomic mass is 9.93. The summed E-state index contributed by atoms with van der Waals surface area (Å²) in [7, 11) is 0. The molecule has 1 aliphatic carbocycles. The summed E-state index contributed by atoms with van der Waals surface area (Å²) in [6, 6.07) is 4.29. The molecule has 2 N–H and O–H groups in total. The van der Waals surface area contributed by atoms with Crippen LogP contribution in [0.15, 0.2) is 23.0 Å². The summed E-state index contributed by atoms with van der Waals surface area (Å²) in [5, 5.41) is 2.57. The zero-order chi connectivity index (χ0) is 19.1. The van der Waals surface area contributed by atoms with Gasteiger partial charge in [0.05, 0.1) is 5.69 Å². The standard InChI is InChI=1S/C19H16N2O6/c1-9(22)10-6-16-17(27-8-26-16)7-14(10)21-19(25)12-5-11-13(20-18(12)24)3-2-4-15(11)23/h5-7H,2-4,8H2,1H3,(H,20,24)(H,21,25). The molecule has 2 aromatic rings. The molecule has 8 nitrogen and oxygen atoms in total. The maximum absolute atomic E-state index is 12.7. The van der Waals surface area contributed by atoms with Crippen LogP contribution in [0.3, 0.4) is 0 Å². The van der Waals surface area contributed by atoms with Crippen LogP contribution in [0.5, 0.6) is 11.5 Å². The number of Topliss-reactive ketones (excluding diaryl/α,β-unsaturated/α-hetero) is 2. The molecule has 1 aromatic carbocycles. The molecule has 0 atom stereocenters. The zero-order valence-corrected chi connectivity index (χ0v) is 14.5. The Morgan fingerprint density at radius 1 is 1.04 bits per heavy atom. The first-order valence-electron chi connectivity index (χ1n) is 8.49. The molecule has 0 saturated heterocycles. The molecule has 138 valence electrons. The number of pyridine rings is 1. The fourth-order valence-electron chi connectivity index (χ4n) is 3.27. The Morgan fingerprint density at radius 3 is 2.52 bits per heavy atom. The number of carbonyl (C=O) groups is 3. The number of benzene rings is 1. The minimum Gasteiger partial charge on any atom is -0.454 e. The van der Waals surface area contributed by atoms with Crippen LogP contribution < -0.4 is 20.3 Å². The smallest absolute Gasteiger partial charge is 0.261 e. The highest BCUT2D eigenvalue weighted by Gasteiger charge is 2.24. The summed E-state index contributed by atoms with van der Waals surface area (Å²) in [5.41, 5.74) is 0.601. The van der Waals surface area contributed by atoms with E-state index in [0.717, 1.165) is 0 Å². The second-order valence-electron chi connectivity index (χ2n) is 6.44. The number of aryl methyl sites for hydroxylation is 1. The molecule has 27 heavy (non-hydrogen) atoms. The number of hydrogen-bond acceptors (Lipinski definition) is 6. The van der Waals surface area contributed by atoms with Gasteiger partial charge < -0.3 is 19.8 Å². The van der Waals surface area contributed by atoms with Crippen LogP contribution in [-0.4, -0.2) is 29.3 Å². The summed E-state index contributed by atoms with van der Waals surface area (Å²) in [4.78, 5) is 51.6. The molecule has 0 bridgehead atoms. The maximum atomic E-state index is 12.7. The van der Waals surface area contributed by atoms with E-state index in [0.29, 0.717) is 42.0 Å². The minimum absolute atomic E-state index is 0.0245. The number of fused-ring (bicyclic) bond motifs is 2. The van der Waals surface area contributed by atoms with Crippen LogP contribution in [0.2, 0.25) is 0 Å². The number of amides is 1. The molecule has 0 spiro atoms. The first kappa shape index (κ1) is 17.0. The van der Waals surface area contributed by atoms with Gasteiger partial charge in [-0.05, 0) is 31.9 Å². The molecule has 8 heteroatoms. The van der Waals surface area contributed by atoms with E-state index in [1.54, 1.807) is 0 Å². The molecular weight excluding hydrogens is 352 g/mol. The molecule has 1 amide bonds. The van der Waals surface area contributed by atoms with Crippen LogP contribution in [-0.2, 0) is 6.42 Å². The Labute approximate surface area is 153 Å². The number of H-pyrrole nitrogens is 1. The highest BCUT2D eigenvalue weighted by Crippen LogP contribution is 2.37. The first-order valence-corrected chi connectivity index (χ1v) is 8.49. The second-order valence-corrected chi connectivity index (χ2v) is 6.44. The molecule has 0 saturated carbocycles. The summed E-state index contributed by atoms with van der Waals surface area (Å²) >= 11 is 0. The molecule has 1 aromatic heterocycles. The highest BCUT2D eigenvalue weighted by molar-refractivity contribution is 6.10. The normalized spacial score (nSPS) is 14.6. The fraction of sp³-hybridized carbons (Fsp3) is 0.263. The SMILES string of the molecule is CC(=O)c1cc2c(cc1NC(=O)c1cc3c([nH]c1=O)CCCC3=O)OCO2. The van der Waals surface area contributed by atoms with Crippen molar-refractivity contribution in [1.29, 1.82) is 0 Å². The first-order chi connectivity index (χ1) is 12.9. The topological polar surface area (TPSA) is 115 Å². The molecule has 0 fully saturated rings. The molecule has 0 radical (unpaired) electrons. The Hall–Kier alpha value is -3.42. The number of aromatic amines is 1. The molecule has 2 heterocycles. The summed E-state index contributed by atoms with van der Waals surface area (Å²) in [6.45, 7) is 1.38. The van der Waals surface area contributed by atoms with Crippen molar-refractivity contribution in [3.05, 3.63) is 50.9 Å². The van der Waals surface area contributed by atoms with E-state index in [1.807, 2.05) is 0 Å². The quantitative estimate of drug-likeness (QED) is 0.802. The van der Waals surface area contributed by atoms with Crippen molar-refractivity contribution >= 4 is 23.2 Å². The van der Waals surface area contributed by atoms with Crippen molar-refractivity contribution in [2.45, 2.75) is 26.2 Å². The number of ketones is 2. The van der Waals surface area contributed by atoms with E-state index < -0.39 is 11.5 Å². The number of hydrogen-bond donors (Lipinski definition) is 2. The maximum Gasteiger partial charge on any atom is 0.261 e. The predicted molar refractivity (Wildman–Crippen MR) is 94.9 cm³/mol. The Balaban J connectivity index is 1.71. The number of aromatic nitrogens is 1. The molecule has 1 aliphatic heterocycles. The lowest BCUT2D eigenvalue weighted by Crippen LogP contribution is -2.27. The number of nitrogens with one attached hydrogen (secondary N) is 2. The average Bonchev–Trinajstić information content (AvgIpc) is 3.08. The molecular formula is C19H16N2O6. The average molecular weight is 368 g/mol. The molecule has 4 rings (SSSR count). The van der Waals surface area contributed by atoms with E-state index >= 15 is 0 Å². The number of ether oxygens (including phenoxy) is 2. The summed E-state index contributed by atoms with van der Waals surface area (Å²) in [5.74, 6) is -0.286. The van der Waals surface area contributed by atoms with Crippen molar-refractivity contribution in [3.8, 4) is 11.5 Å². The van der Waals surface area contributed by atoms with Crippen molar-refractivity contribution in [3.63, 3.8) is 0 Å². The van der Waals surface area contributed by atoms with Crippen LogP contribution in [0.4, 0.5) is 5.69 Å². The lowest BCUT2D eigenvalue weighted by Gasteiger charge is -2.15. The van der Waals surface area contributed by atoms with Gasteiger partial charge in [0.1, 0.15) is 5.56 Å². The van der Waals surface area contributed by atoms with E-state index in [2.05, 4.69) is 10.3 Å². The third-order valence-corrected chi connectivity index (χ3v) is 4.64. The van der Waals surface area contributed by atoms with Crippen molar-refractivity contribution < 1.29 is 23.9 Å². The summed E-state index contributed by atoms with van der Waals surface area (Å²) in [6.07, 6.45) is 1.65. The van der Waals surface area contributed by atoms with E-state index in [4.69, 9.17) is 9.47 Å². The second kappa shape index (κ2) is 6.39. The van der Waals surface area contributed by atoms with E-state index in [-0.39, 0.29) is 35.2 Å². The van der Waals surface area contributed by atoms with Crippen molar-refractivity contribution in [2.24, 2.45) is 0 Å². The van der Waals surface area contributed by atoms with Gasteiger partial charge in [-0.25, -0.2) is 0 Å². The highest BCUT2D eigenvalue weighted by atomic mass is 16.7. The van der Waals surface area contributed by atoms with Gasteiger partial charge in [-0.1, -0.05) is 0 Å². The van der Waals surface area contributed by atoms with E-state index in [1.165, 1.54) is 25.1 Å². The van der Waals surface area contributed by atoms with Gasteiger partial charge in [0, 0.05) is 29.3 Å². The van der Waals surface area contributed by atoms with Crippen LogP contribution in [0, 0.1) is 0 Å². The van der Waals surface area contributed by atoms with Gasteiger partial charge in [0.15, 0.2) is 23.1 Å².